The molecule has 2 heterocycles. The quantitative estimate of drug-likeness (QED) is 0.273. The summed E-state index contributed by atoms with van der Waals surface area (Å²) >= 11 is 6.06. The van der Waals surface area contributed by atoms with Gasteiger partial charge in [-0.1, -0.05) is 41.9 Å². The molecule has 4 nitrogen and oxygen atoms in total. The van der Waals surface area contributed by atoms with Gasteiger partial charge in [-0.25, -0.2) is 4.39 Å². The Balaban J connectivity index is 1.41. The summed E-state index contributed by atoms with van der Waals surface area (Å²) in [5.74, 6) is -0.0679. The van der Waals surface area contributed by atoms with Gasteiger partial charge in [-0.3, -0.25) is 14.8 Å². The smallest absolute Gasteiger partial charge is 0.401 e. The van der Waals surface area contributed by atoms with Crippen LogP contribution in [0.1, 0.15) is 30.1 Å². The van der Waals surface area contributed by atoms with E-state index in [0.29, 0.717) is 30.4 Å². The Morgan fingerprint density at radius 1 is 1.00 bits per heavy atom. The van der Waals surface area contributed by atoms with Gasteiger partial charge in [-0.15, -0.1) is 0 Å². The zero-order valence-electron chi connectivity index (χ0n) is 20.4. The molecule has 1 fully saturated rings. The lowest BCUT2D eigenvalue weighted by Gasteiger charge is -2.38. The van der Waals surface area contributed by atoms with Crippen molar-refractivity contribution >= 4 is 11.6 Å². The molecule has 0 aliphatic carbocycles. The summed E-state index contributed by atoms with van der Waals surface area (Å²) in [7, 11) is 0. The standard InChI is InChI=1S/C28H30ClF4N3O/c29-23-10-8-22(9-11-23)27(25-6-3-4-14-34-25)36(20-28(31,32)33)19-21-12-15-35(16-13-21)17-18-37-26-7-2-1-5-24(26)30/h1-11,14,21,27H,12-13,15-20H2/t27-/m1/s1. The molecule has 0 bridgehead atoms. The summed E-state index contributed by atoms with van der Waals surface area (Å²) in [5.41, 5.74) is 1.28. The second-order valence-electron chi connectivity index (χ2n) is 9.32. The lowest BCUT2D eigenvalue weighted by molar-refractivity contribution is -0.151. The SMILES string of the molecule is Fc1ccccc1OCCN1CCC(CN(CC(F)(F)F)[C@H](c2ccc(Cl)cc2)c2ccccn2)CC1. The third kappa shape index (κ3) is 8.15. The first kappa shape index (κ1) is 27.4. The number of likely N-dealkylation sites (tertiary alicyclic amines) is 1. The fraction of sp³-hybridized carbons (Fsp3) is 0.393. The van der Waals surface area contributed by atoms with E-state index in [1.807, 2.05) is 0 Å². The molecule has 0 radical (unpaired) electrons. The Bertz CT molecular complexity index is 1110. The van der Waals surface area contributed by atoms with Gasteiger partial charge in [0.1, 0.15) is 6.61 Å². The van der Waals surface area contributed by atoms with Crippen molar-refractivity contribution in [2.24, 2.45) is 5.92 Å². The van der Waals surface area contributed by atoms with Crippen molar-refractivity contribution in [1.82, 2.24) is 14.8 Å². The molecule has 37 heavy (non-hydrogen) atoms. The van der Waals surface area contributed by atoms with Crippen LogP contribution < -0.4 is 4.74 Å². The summed E-state index contributed by atoms with van der Waals surface area (Å²) in [6.45, 7) is 1.75. The number of nitrogens with zero attached hydrogens (tertiary/aromatic N) is 3. The maximum Gasteiger partial charge on any atom is 0.401 e. The normalized spacial score (nSPS) is 16.2. The highest BCUT2D eigenvalue weighted by Crippen LogP contribution is 2.33. The molecule has 0 N–H and O–H groups in total. The summed E-state index contributed by atoms with van der Waals surface area (Å²) in [4.78, 5) is 8.11. The van der Waals surface area contributed by atoms with E-state index < -0.39 is 24.6 Å². The maximum absolute atomic E-state index is 13.8. The van der Waals surface area contributed by atoms with E-state index in [1.165, 1.54) is 11.0 Å². The molecule has 3 aromatic rings. The Morgan fingerprint density at radius 3 is 2.35 bits per heavy atom. The van der Waals surface area contributed by atoms with E-state index in [-0.39, 0.29) is 11.7 Å². The van der Waals surface area contributed by atoms with E-state index in [9.17, 15) is 17.6 Å². The first-order valence-corrected chi connectivity index (χ1v) is 12.7. The fourth-order valence-corrected chi connectivity index (χ4v) is 4.94. The van der Waals surface area contributed by atoms with Crippen molar-refractivity contribution in [2.75, 3.05) is 39.3 Å². The molecule has 1 aliphatic heterocycles. The number of alkyl halides is 3. The third-order valence-electron chi connectivity index (χ3n) is 6.60. The van der Waals surface area contributed by atoms with Crippen LogP contribution in [-0.4, -0.2) is 60.3 Å². The van der Waals surface area contributed by atoms with Crippen molar-refractivity contribution < 1.29 is 22.3 Å². The minimum Gasteiger partial charge on any atom is -0.489 e. The van der Waals surface area contributed by atoms with E-state index >= 15 is 0 Å². The monoisotopic (exact) mass is 535 g/mol. The van der Waals surface area contributed by atoms with Crippen LogP contribution in [0.3, 0.4) is 0 Å². The largest absolute Gasteiger partial charge is 0.489 e. The number of rotatable bonds is 10. The molecule has 0 unspecified atom stereocenters. The minimum atomic E-state index is -4.36. The van der Waals surface area contributed by atoms with Crippen LogP contribution >= 0.6 is 11.6 Å². The van der Waals surface area contributed by atoms with Gasteiger partial charge in [0.15, 0.2) is 11.6 Å². The van der Waals surface area contributed by atoms with Crippen molar-refractivity contribution in [3.63, 3.8) is 0 Å². The lowest BCUT2D eigenvalue weighted by atomic mass is 9.93. The average molecular weight is 536 g/mol. The Labute approximate surface area is 219 Å². The summed E-state index contributed by atoms with van der Waals surface area (Å²) in [6, 6.07) is 17.9. The number of pyridine rings is 1. The number of halogens is 5. The van der Waals surface area contributed by atoms with Gasteiger partial charge in [0.05, 0.1) is 18.3 Å². The number of hydrogen-bond acceptors (Lipinski definition) is 4. The van der Waals surface area contributed by atoms with E-state index in [1.54, 1.807) is 66.9 Å². The van der Waals surface area contributed by atoms with Crippen LogP contribution in [0, 0.1) is 11.7 Å². The average Bonchev–Trinajstić information content (AvgIpc) is 2.87. The molecule has 9 heteroatoms. The van der Waals surface area contributed by atoms with Gasteiger partial charge in [0, 0.05) is 24.3 Å². The van der Waals surface area contributed by atoms with Gasteiger partial charge in [-0.05, 0) is 73.8 Å². The maximum atomic E-state index is 13.8. The van der Waals surface area contributed by atoms with E-state index in [0.717, 1.165) is 31.5 Å². The third-order valence-corrected chi connectivity index (χ3v) is 6.85. The second-order valence-corrected chi connectivity index (χ2v) is 9.75. The van der Waals surface area contributed by atoms with Crippen molar-refractivity contribution in [2.45, 2.75) is 25.1 Å². The minimum absolute atomic E-state index is 0.101. The topological polar surface area (TPSA) is 28.6 Å². The lowest BCUT2D eigenvalue weighted by Crippen LogP contribution is -2.44. The molecular weight excluding hydrogens is 506 g/mol. The summed E-state index contributed by atoms with van der Waals surface area (Å²) < 4.78 is 60.6. The Morgan fingerprint density at radius 2 is 1.70 bits per heavy atom. The Hall–Kier alpha value is -2.68. The number of benzene rings is 2. The predicted molar refractivity (Wildman–Crippen MR) is 136 cm³/mol. The van der Waals surface area contributed by atoms with Gasteiger partial charge in [0.2, 0.25) is 0 Å². The van der Waals surface area contributed by atoms with Gasteiger partial charge in [-0.2, -0.15) is 13.2 Å². The first-order chi connectivity index (χ1) is 17.8. The molecule has 2 aromatic carbocycles. The van der Waals surface area contributed by atoms with Crippen LogP contribution in [0.4, 0.5) is 17.6 Å². The van der Waals surface area contributed by atoms with Gasteiger partial charge in [0.25, 0.3) is 0 Å². The summed E-state index contributed by atoms with van der Waals surface area (Å²) in [5, 5.41) is 0.525. The molecule has 0 saturated carbocycles. The number of piperidine rings is 1. The first-order valence-electron chi connectivity index (χ1n) is 12.4. The van der Waals surface area contributed by atoms with Crippen molar-refractivity contribution in [1.29, 1.82) is 0 Å². The highest BCUT2D eigenvalue weighted by Gasteiger charge is 2.37. The van der Waals surface area contributed by atoms with Crippen LogP contribution in [0.15, 0.2) is 72.9 Å². The van der Waals surface area contributed by atoms with Crippen molar-refractivity contribution in [3.8, 4) is 5.75 Å². The summed E-state index contributed by atoms with van der Waals surface area (Å²) in [6.07, 6.45) is -1.22. The van der Waals surface area contributed by atoms with Crippen LogP contribution in [0.5, 0.6) is 5.75 Å². The van der Waals surface area contributed by atoms with Crippen LogP contribution in [0.2, 0.25) is 5.02 Å². The predicted octanol–water partition coefficient (Wildman–Crippen LogP) is 6.62. The van der Waals surface area contributed by atoms with E-state index in [2.05, 4.69) is 9.88 Å². The highest BCUT2D eigenvalue weighted by molar-refractivity contribution is 6.30. The molecule has 1 atom stereocenters. The van der Waals surface area contributed by atoms with Crippen LogP contribution in [-0.2, 0) is 0 Å². The zero-order chi connectivity index (χ0) is 26.3. The molecule has 4 rings (SSSR count). The second kappa shape index (κ2) is 12.7. The molecule has 1 aromatic heterocycles. The Kier molecular flexibility index (Phi) is 9.40. The molecule has 198 valence electrons. The molecule has 0 spiro atoms. The number of hydrogen-bond donors (Lipinski definition) is 0. The van der Waals surface area contributed by atoms with Gasteiger partial charge < -0.3 is 4.74 Å². The molecule has 1 aliphatic rings. The van der Waals surface area contributed by atoms with Crippen LogP contribution in [0.25, 0.3) is 0 Å². The number of ether oxygens (including phenoxy) is 1. The molecular formula is C28H30ClF4N3O. The fourth-order valence-electron chi connectivity index (χ4n) is 4.81. The number of para-hydroxylation sites is 1. The zero-order valence-corrected chi connectivity index (χ0v) is 21.1. The number of aromatic nitrogens is 1. The molecule has 1 saturated heterocycles. The van der Waals surface area contributed by atoms with E-state index in [4.69, 9.17) is 16.3 Å². The van der Waals surface area contributed by atoms with Gasteiger partial charge >= 0.3 is 6.18 Å². The highest BCUT2D eigenvalue weighted by atomic mass is 35.5. The van der Waals surface area contributed by atoms with Crippen molar-refractivity contribution in [3.05, 3.63) is 95.0 Å². The molecule has 0 amide bonds.